The Morgan fingerprint density at radius 2 is 1.90 bits per heavy atom. The van der Waals surface area contributed by atoms with Gasteiger partial charge in [-0.2, -0.15) is 18.3 Å². The van der Waals surface area contributed by atoms with Crippen molar-refractivity contribution >= 4 is 29.2 Å². The van der Waals surface area contributed by atoms with E-state index < -0.39 is 28.7 Å². The number of pyridine rings is 1. The van der Waals surface area contributed by atoms with Gasteiger partial charge in [-0.3, -0.25) is 9.48 Å². The minimum Gasteiger partial charge on any atom is -0.477 e. The molecule has 0 saturated heterocycles. The van der Waals surface area contributed by atoms with Gasteiger partial charge in [-0.25, -0.2) is 4.79 Å². The highest BCUT2D eigenvalue weighted by Crippen LogP contribution is 2.31. The fourth-order valence-corrected chi connectivity index (χ4v) is 3.40. The van der Waals surface area contributed by atoms with E-state index in [1.807, 2.05) is 0 Å². The third kappa shape index (κ3) is 4.22. The summed E-state index contributed by atoms with van der Waals surface area (Å²) in [4.78, 5) is 24.4. The van der Waals surface area contributed by atoms with E-state index in [1.54, 1.807) is 6.92 Å². The van der Waals surface area contributed by atoms with Crippen LogP contribution in [0.1, 0.15) is 28.5 Å². The van der Waals surface area contributed by atoms with Crippen LogP contribution in [-0.2, 0) is 19.3 Å². The van der Waals surface area contributed by atoms with E-state index in [0.717, 1.165) is 16.9 Å². The summed E-state index contributed by atoms with van der Waals surface area (Å²) in [5, 5.41) is 13.7. The van der Waals surface area contributed by atoms with Gasteiger partial charge in [0.25, 0.3) is 0 Å². The molecular weight excluding hydrogens is 446 g/mol. The van der Waals surface area contributed by atoms with Crippen LogP contribution in [0.5, 0.6) is 0 Å². The average molecular weight is 460 g/mol. The van der Waals surface area contributed by atoms with Crippen molar-refractivity contribution in [2.45, 2.75) is 26.2 Å². The zero-order valence-corrected chi connectivity index (χ0v) is 16.9. The lowest BCUT2D eigenvalue weighted by atomic mass is 10.0. The molecular formula is C19H14Cl2F3N3O3. The molecule has 158 valence electrons. The molecule has 0 unspecified atom stereocenters. The summed E-state index contributed by atoms with van der Waals surface area (Å²) in [6.07, 6.45) is -3.06. The molecule has 11 heteroatoms. The number of aromatic nitrogens is 3. The van der Waals surface area contributed by atoms with E-state index in [-0.39, 0.29) is 34.5 Å². The molecule has 6 nitrogen and oxygen atoms in total. The van der Waals surface area contributed by atoms with Crippen molar-refractivity contribution in [1.29, 1.82) is 0 Å². The van der Waals surface area contributed by atoms with Crippen molar-refractivity contribution in [2.24, 2.45) is 0 Å². The van der Waals surface area contributed by atoms with Crippen LogP contribution in [0.4, 0.5) is 13.2 Å². The highest BCUT2D eigenvalue weighted by atomic mass is 35.5. The van der Waals surface area contributed by atoms with Crippen molar-refractivity contribution < 1.29 is 23.1 Å². The monoisotopic (exact) mass is 459 g/mol. The highest BCUT2D eigenvalue weighted by molar-refractivity contribution is 6.42. The Morgan fingerprint density at radius 3 is 2.43 bits per heavy atom. The summed E-state index contributed by atoms with van der Waals surface area (Å²) < 4.78 is 41.1. The Morgan fingerprint density at radius 1 is 1.20 bits per heavy atom. The van der Waals surface area contributed by atoms with E-state index in [1.165, 1.54) is 22.8 Å². The van der Waals surface area contributed by atoms with Gasteiger partial charge < -0.3 is 9.67 Å². The molecule has 2 heterocycles. The predicted molar refractivity (Wildman–Crippen MR) is 105 cm³/mol. The quantitative estimate of drug-likeness (QED) is 0.594. The van der Waals surface area contributed by atoms with Gasteiger partial charge in [0.15, 0.2) is 5.43 Å². The van der Waals surface area contributed by atoms with Gasteiger partial charge in [-0.15, -0.1) is 0 Å². The Labute approximate surface area is 178 Å². The number of alkyl halides is 3. The molecule has 3 aromatic rings. The number of aromatic carboxylic acids is 1. The zero-order chi connectivity index (χ0) is 22.2. The zero-order valence-electron chi connectivity index (χ0n) is 15.4. The first-order valence-corrected chi connectivity index (χ1v) is 9.33. The number of hydrogen-bond donors (Lipinski definition) is 1. The Kier molecular flexibility index (Phi) is 5.96. The van der Waals surface area contributed by atoms with E-state index in [4.69, 9.17) is 23.2 Å². The van der Waals surface area contributed by atoms with Crippen LogP contribution >= 0.6 is 23.2 Å². The Bertz CT molecular complexity index is 1190. The summed E-state index contributed by atoms with van der Waals surface area (Å²) >= 11 is 12.0. The number of carboxylic acids is 1. The summed E-state index contributed by atoms with van der Waals surface area (Å²) in [6.45, 7) is 1.77. The summed E-state index contributed by atoms with van der Waals surface area (Å²) in [5.41, 5.74) is -1.50. The number of carboxylic acid groups (broad SMARTS) is 1. The largest absolute Gasteiger partial charge is 0.477 e. The third-order valence-electron chi connectivity index (χ3n) is 4.41. The third-order valence-corrected chi connectivity index (χ3v) is 5.14. The van der Waals surface area contributed by atoms with Crippen molar-refractivity contribution in [1.82, 2.24) is 14.3 Å². The molecule has 0 radical (unpaired) electrons. The smallest absolute Gasteiger partial charge is 0.419 e. The number of rotatable bonds is 5. The molecule has 0 atom stereocenters. The molecule has 3 rings (SSSR count). The molecule has 0 aliphatic carbocycles. The van der Waals surface area contributed by atoms with Crippen molar-refractivity contribution in [3.05, 3.63) is 73.7 Å². The van der Waals surface area contributed by atoms with E-state index in [0.29, 0.717) is 11.8 Å². The second-order valence-corrected chi connectivity index (χ2v) is 7.14. The van der Waals surface area contributed by atoms with Gasteiger partial charge in [0.1, 0.15) is 5.56 Å². The molecule has 0 bridgehead atoms. The van der Waals surface area contributed by atoms with Crippen LogP contribution in [0.3, 0.4) is 0 Å². The van der Waals surface area contributed by atoms with Crippen molar-refractivity contribution in [2.75, 3.05) is 0 Å². The van der Waals surface area contributed by atoms with Crippen molar-refractivity contribution in [3.8, 4) is 11.3 Å². The molecule has 0 spiro atoms. The molecule has 0 aliphatic rings. The lowest BCUT2D eigenvalue weighted by Gasteiger charge is -2.20. The molecule has 2 aromatic heterocycles. The lowest BCUT2D eigenvalue weighted by molar-refractivity contribution is -0.137. The van der Waals surface area contributed by atoms with E-state index in [9.17, 15) is 27.9 Å². The standard InChI is InChI=1S/C19H14Cl2F3N3O3/c1-2-27-12(9-26-8-11(7-25-26)19(22,23)24)6-15(28)16(18(29)30)17(27)10-3-4-13(20)14(21)5-10/h3-8H,2,9H2,1H3,(H,29,30). The minimum absolute atomic E-state index is 0.0780. The van der Waals surface area contributed by atoms with Gasteiger partial charge in [0.05, 0.1) is 34.0 Å². The number of nitrogens with zero attached hydrogens (tertiary/aromatic N) is 3. The second kappa shape index (κ2) is 8.16. The van der Waals surface area contributed by atoms with Gasteiger partial charge in [0.2, 0.25) is 0 Å². The first-order valence-electron chi connectivity index (χ1n) is 8.58. The van der Waals surface area contributed by atoms with Gasteiger partial charge in [-0.1, -0.05) is 29.3 Å². The van der Waals surface area contributed by atoms with Gasteiger partial charge in [0, 0.05) is 30.1 Å². The number of halogens is 5. The maximum absolute atomic E-state index is 12.9. The molecule has 30 heavy (non-hydrogen) atoms. The van der Waals surface area contributed by atoms with Crippen LogP contribution in [0.2, 0.25) is 10.0 Å². The first kappa shape index (κ1) is 21.9. The fourth-order valence-electron chi connectivity index (χ4n) is 3.10. The van der Waals surface area contributed by atoms with Gasteiger partial charge >= 0.3 is 12.1 Å². The van der Waals surface area contributed by atoms with E-state index >= 15 is 0 Å². The normalized spacial score (nSPS) is 11.7. The molecule has 0 fully saturated rings. The van der Waals surface area contributed by atoms with E-state index in [2.05, 4.69) is 5.10 Å². The van der Waals surface area contributed by atoms with Crippen LogP contribution in [-0.4, -0.2) is 25.4 Å². The van der Waals surface area contributed by atoms with Crippen LogP contribution in [0.25, 0.3) is 11.3 Å². The molecule has 0 amide bonds. The highest BCUT2D eigenvalue weighted by Gasteiger charge is 2.32. The molecule has 0 saturated carbocycles. The maximum Gasteiger partial charge on any atom is 0.419 e. The number of hydrogen-bond acceptors (Lipinski definition) is 3. The Hall–Kier alpha value is -2.78. The topological polar surface area (TPSA) is 77.1 Å². The lowest BCUT2D eigenvalue weighted by Crippen LogP contribution is -2.24. The second-order valence-electron chi connectivity index (χ2n) is 6.33. The number of benzene rings is 1. The van der Waals surface area contributed by atoms with Crippen LogP contribution < -0.4 is 5.43 Å². The summed E-state index contributed by atoms with van der Waals surface area (Å²) in [5.74, 6) is -1.44. The van der Waals surface area contributed by atoms with Crippen LogP contribution in [0, 0.1) is 0 Å². The molecule has 1 aromatic carbocycles. The first-order chi connectivity index (χ1) is 14.0. The number of carbonyl (C=O) groups is 1. The predicted octanol–water partition coefficient (Wildman–Crippen LogP) is 4.80. The van der Waals surface area contributed by atoms with Crippen molar-refractivity contribution in [3.63, 3.8) is 0 Å². The minimum atomic E-state index is -4.55. The van der Waals surface area contributed by atoms with Crippen LogP contribution in [0.15, 0.2) is 41.5 Å². The summed E-state index contributed by atoms with van der Waals surface area (Å²) in [7, 11) is 0. The molecule has 0 aliphatic heterocycles. The van der Waals surface area contributed by atoms with Gasteiger partial charge in [-0.05, 0) is 19.1 Å². The molecule has 1 N–H and O–H groups in total. The fraction of sp³-hybridized carbons (Fsp3) is 0.211. The summed E-state index contributed by atoms with van der Waals surface area (Å²) in [6, 6.07) is 5.49. The average Bonchev–Trinajstić information content (AvgIpc) is 3.12. The SMILES string of the molecule is CCn1c(Cn2cc(C(F)(F)F)cn2)cc(=O)c(C(=O)O)c1-c1ccc(Cl)c(Cl)c1. The Balaban J connectivity index is 2.21. The maximum atomic E-state index is 12.9.